The molecule has 2 unspecified atom stereocenters. The van der Waals surface area contributed by atoms with Gasteiger partial charge in [-0.3, -0.25) is 10.2 Å². The molecule has 1 saturated heterocycles. The first-order valence-electron chi connectivity index (χ1n) is 6.53. The first-order valence-corrected chi connectivity index (χ1v) is 7.32. The van der Waals surface area contributed by atoms with Gasteiger partial charge in [0.05, 0.1) is 5.56 Å². The van der Waals surface area contributed by atoms with Crippen LogP contribution >= 0.6 is 15.9 Å². The number of carbonyl (C=O) groups is 1. The molecule has 1 aromatic rings. The second-order valence-electron chi connectivity index (χ2n) is 5.10. The molecule has 0 radical (unpaired) electrons. The summed E-state index contributed by atoms with van der Waals surface area (Å²) in [4.78, 5) is 12.2. The van der Waals surface area contributed by atoms with E-state index in [4.69, 9.17) is 0 Å². The SMILES string of the molecule is CC1CCCC(C)N1NC(=O)c1cc(Br)ccc1F. The maximum Gasteiger partial charge on any atom is 0.268 e. The van der Waals surface area contributed by atoms with E-state index < -0.39 is 5.82 Å². The predicted octanol–water partition coefficient (Wildman–Crippen LogP) is 3.50. The van der Waals surface area contributed by atoms with Crippen molar-refractivity contribution in [2.75, 3.05) is 0 Å². The van der Waals surface area contributed by atoms with E-state index in [1.165, 1.54) is 18.6 Å². The van der Waals surface area contributed by atoms with E-state index in [9.17, 15) is 9.18 Å². The van der Waals surface area contributed by atoms with Crippen LogP contribution in [0, 0.1) is 5.82 Å². The minimum atomic E-state index is -0.502. The number of hydrazine groups is 1. The van der Waals surface area contributed by atoms with Crippen molar-refractivity contribution in [3.05, 3.63) is 34.1 Å². The monoisotopic (exact) mass is 328 g/mol. The minimum absolute atomic E-state index is 0.0688. The summed E-state index contributed by atoms with van der Waals surface area (Å²) in [5.74, 6) is -0.891. The van der Waals surface area contributed by atoms with Gasteiger partial charge in [0.25, 0.3) is 5.91 Å². The Bertz CT molecular complexity index is 471. The number of benzene rings is 1. The summed E-state index contributed by atoms with van der Waals surface area (Å²) in [6.07, 6.45) is 3.26. The minimum Gasteiger partial charge on any atom is -0.284 e. The molecule has 1 heterocycles. The second kappa shape index (κ2) is 6.01. The second-order valence-corrected chi connectivity index (χ2v) is 6.02. The molecule has 0 bridgehead atoms. The van der Waals surface area contributed by atoms with Crippen LogP contribution in [0.5, 0.6) is 0 Å². The van der Waals surface area contributed by atoms with Gasteiger partial charge < -0.3 is 0 Å². The summed E-state index contributed by atoms with van der Waals surface area (Å²) in [5, 5.41) is 1.94. The van der Waals surface area contributed by atoms with E-state index in [1.807, 2.05) is 5.01 Å². The number of carbonyl (C=O) groups excluding carboxylic acids is 1. The summed E-state index contributed by atoms with van der Waals surface area (Å²) in [6.45, 7) is 4.15. The molecule has 0 aliphatic carbocycles. The Kier molecular flexibility index (Phi) is 4.58. The van der Waals surface area contributed by atoms with Crippen LogP contribution in [0.25, 0.3) is 0 Å². The van der Waals surface area contributed by atoms with Gasteiger partial charge in [-0.15, -0.1) is 0 Å². The van der Waals surface area contributed by atoms with Crippen molar-refractivity contribution in [2.24, 2.45) is 0 Å². The number of rotatable bonds is 2. The van der Waals surface area contributed by atoms with Crippen LogP contribution in [-0.2, 0) is 0 Å². The lowest BCUT2D eigenvalue weighted by atomic mass is 10.00. The summed E-state index contributed by atoms with van der Waals surface area (Å²) in [6, 6.07) is 4.94. The van der Waals surface area contributed by atoms with Gasteiger partial charge in [-0.1, -0.05) is 22.4 Å². The lowest BCUT2D eigenvalue weighted by molar-refractivity contribution is 0.0367. The summed E-state index contributed by atoms with van der Waals surface area (Å²) in [7, 11) is 0. The zero-order valence-corrected chi connectivity index (χ0v) is 12.7. The van der Waals surface area contributed by atoms with Crippen LogP contribution in [-0.4, -0.2) is 23.0 Å². The molecule has 104 valence electrons. The molecule has 0 spiro atoms. The van der Waals surface area contributed by atoms with E-state index in [0.717, 1.165) is 12.8 Å². The van der Waals surface area contributed by atoms with Gasteiger partial charge in [0.2, 0.25) is 0 Å². The number of amides is 1. The predicted molar refractivity (Wildman–Crippen MR) is 76.2 cm³/mol. The highest BCUT2D eigenvalue weighted by molar-refractivity contribution is 9.10. The molecule has 1 fully saturated rings. The van der Waals surface area contributed by atoms with Gasteiger partial charge in [-0.05, 0) is 44.9 Å². The molecule has 3 nitrogen and oxygen atoms in total. The molecule has 5 heteroatoms. The fraction of sp³-hybridized carbons (Fsp3) is 0.500. The Morgan fingerprint density at radius 1 is 1.37 bits per heavy atom. The normalized spacial score (nSPS) is 24.2. The summed E-state index contributed by atoms with van der Waals surface area (Å²) in [5.41, 5.74) is 2.91. The number of halogens is 2. The highest BCUT2D eigenvalue weighted by Crippen LogP contribution is 2.21. The summed E-state index contributed by atoms with van der Waals surface area (Å²) >= 11 is 3.25. The Morgan fingerprint density at radius 3 is 2.63 bits per heavy atom. The van der Waals surface area contributed by atoms with Crippen LogP contribution in [0.2, 0.25) is 0 Å². The van der Waals surface area contributed by atoms with Crippen LogP contribution in [0.1, 0.15) is 43.5 Å². The fourth-order valence-electron chi connectivity index (χ4n) is 2.49. The quantitative estimate of drug-likeness (QED) is 0.901. The number of nitrogens with zero attached hydrogens (tertiary/aromatic N) is 1. The van der Waals surface area contributed by atoms with Gasteiger partial charge in [0.15, 0.2) is 0 Å². The van der Waals surface area contributed by atoms with Crippen LogP contribution < -0.4 is 5.43 Å². The van der Waals surface area contributed by atoms with Crippen molar-refractivity contribution >= 4 is 21.8 Å². The Balaban J connectivity index is 2.14. The molecular formula is C14H18BrFN2O. The average molecular weight is 329 g/mol. The van der Waals surface area contributed by atoms with E-state index >= 15 is 0 Å². The van der Waals surface area contributed by atoms with E-state index in [1.54, 1.807) is 6.07 Å². The first kappa shape index (κ1) is 14.5. The molecule has 19 heavy (non-hydrogen) atoms. The Morgan fingerprint density at radius 2 is 2.00 bits per heavy atom. The Hall–Kier alpha value is -0.940. The third-order valence-corrected chi connectivity index (χ3v) is 4.09. The lowest BCUT2D eigenvalue weighted by Crippen LogP contribution is -2.54. The van der Waals surface area contributed by atoms with E-state index in [2.05, 4.69) is 35.2 Å². The van der Waals surface area contributed by atoms with Gasteiger partial charge >= 0.3 is 0 Å². The number of hydrogen-bond acceptors (Lipinski definition) is 2. The molecule has 2 rings (SSSR count). The first-order chi connectivity index (χ1) is 8.99. The highest BCUT2D eigenvalue weighted by atomic mass is 79.9. The van der Waals surface area contributed by atoms with Gasteiger partial charge in [-0.25, -0.2) is 9.40 Å². The molecule has 2 atom stereocenters. The molecular weight excluding hydrogens is 311 g/mol. The highest BCUT2D eigenvalue weighted by Gasteiger charge is 2.27. The van der Waals surface area contributed by atoms with Crippen molar-refractivity contribution < 1.29 is 9.18 Å². The maximum absolute atomic E-state index is 13.7. The van der Waals surface area contributed by atoms with Gasteiger partial charge in [0.1, 0.15) is 5.82 Å². The van der Waals surface area contributed by atoms with E-state index in [0.29, 0.717) is 4.47 Å². The molecule has 0 saturated carbocycles. The zero-order valence-electron chi connectivity index (χ0n) is 11.1. The number of piperidine rings is 1. The van der Waals surface area contributed by atoms with Gasteiger partial charge in [0, 0.05) is 16.6 Å². The van der Waals surface area contributed by atoms with Crippen molar-refractivity contribution in [3.8, 4) is 0 Å². The lowest BCUT2D eigenvalue weighted by Gasteiger charge is -2.38. The Labute approximate surface area is 121 Å². The smallest absolute Gasteiger partial charge is 0.268 e. The average Bonchev–Trinajstić information content (AvgIpc) is 2.37. The van der Waals surface area contributed by atoms with Crippen molar-refractivity contribution in [1.82, 2.24) is 10.4 Å². The largest absolute Gasteiger partial charge is 0.284 e. The molecule has 1 aromatic carbocycles. The number of hydrogen-bond donors (Lipinski definition) is 1. The van der Waals surface area contributed by atoms with Crippen molar-refractivity contribution in [2.45, 2.75) is 45.2 Å². The topological polar surface area (TPSA) is 32.3 Å². The molecule has 1 amide bonds. The number of nitrogens with one attached hydrogen (secondary N) is 1. The third-order valence-electron chi connectivity index (χ3n) is 3.60. The van der Waals surface area contributed by atoms with Crippen LogP contribution in [0.15, 0.2) is 22.7 Å². The molecule has 1 aliphatic heterocycles. The fourth-order valence-corrected chi connectivity index (χ4v) is 2.85. The molecule has 1 aliphatic rings. The zero-order chi connectivity index (χ0) is 14.0. The van der Waals surface area contributed by atoms with Crippen molar-refractivity contribution in [1.29, 1.82) is 0 Å². The maximum atomic E-state index is 13.7. The van der Waals surface area contributed by atoms with Gasteiger partial charge in [-0.2, -0.15) is 0 Å². The van der Waals surface area contributed by atoms with Crippen molar-refractivity contribution in [3.63, 3.8) is 0 Å². The van der Waals surface area contributed by atoms with Crippen LogP contribution in [0.4, 0.5) is 4.39 Å². The standard InChI is InChI=1S/C14H18BrFN2O/c1-9-4-3-5-10(2)18(9)17-14(19)12-8-11(15)6-7-13(12)16/h6-10H,3-5H2,1-2H3,(H,17,19). The summed E-state index contributed by atoms with van der Waals surface area (Å²) < 4.78 is 14.4. The van der Waals surface area contributed by atoms with Crippen LogP contribution in [0.3, 0.4) is 0 Å². The third kappa shape index (κ3) is 3.34. The molecule has 0 aromatic heterocycles. The molecule has 1 N–H and O–H groups in total. The van der Waals surface area contributed by atoms with E-state index in [-0.39, 0.29) is 23.6 Å².